The molecule has 0 saturated heterocycles. The first kappa shape index (κ1) is 14.8. The van der Waals surface area contributed by atoms with Crippen molar-refractivity contribution in [3.8, 4) is 0 Å². The standard InChI is InChI=1S/C13H24N2O3/c1-4-13(5-2,11(16)17)9-14-12(18)15(3)10-7-6-8-10/h10H,4-9H2,1-3H3,(H,14,18)(H,16,17). The van der Waals surface area contributed by atoms with Gasteiger partial charge in [0.05, 0.1) is 5.41 Å². The quantitative estimate of drug-likeness (QED) is 0.764. The van der Waals surface area contributed by atoms with Crippen LogP contribution in [0.5, 0.6) is 0 Å². The maximum atomic E-state index is 11.9. The number of carbonyl (C=O) groups excluding carboxylic acids is 1. The molecule has 0 atom stereocenters. The summed E-state index contributed by atoms with van der Waals surface area (Å²) in [6, 6.07) is 0.166. The summed E-state index contributed by atoms with van der Waals surface area (Å²) >= 11 is 0. The Morgan fingerprint density at radius 3 is 2.22 bits per heavy atom. The Hall–Kier alpha value is -1.26. The molecular formula is C13H24N2O3. The van der Waals surface area contributed by atoms with Crippen LogP contribution in [-0.2, 0) is 4.79 Å². The first-order valence-corrected chi connectivity index (χ1v) is 6.71. The van der Waals surface area contributed by atoms with Crippen molar-refractivity contribution < 1.29 is 14.7 Å². The molecular weight excluding hydrogens is 232 g/mol. The van der Waals surface area contributed by atoms with Gasteiger partial charge in [-0.15, -0.1) is 0 Å². The van der Waals surface area contributed by atoms with Crippen molar-refractivity contribution in [2.24, 2.45) is 5.41 Å². The van der Waals surface area contributed by atoms with E-state index in [9.17, 15) is 14.7 Å². The van der Waals surface area contributed by atoms with Crippen LogP contribution in [0.25, 0.3) is 0 Å². The van der Waals surface area contributed by atoms with Gasteiger partial charge in [0.25, 0.3) is 0 Å². The van der Waals surface area contributed by atoms with Gasteiger partial charge in [-0.05, 0) is 32.1 Å². The Labute approximate surface area is 109 Å². The number of nitrogens with one attached hydrogen (secondary N) is 1. The Bertz CT molecular complexity index is 309. The molecule has 1 aliphatic carbocycles. The van der Waals surface area contributed by atoms with Gasteiger partial charge in [0, 0.05) is 19.6 Å². The number of hydrogen-bond donors (Lipinski definition) is 2. The molecule has 0 heterocycles. The normalized spacial score (nSPS) is 15.9. The lowest BCUT2D eigenvalue weighted by Crippen LogP contribution is -2.50. The maximum Gasteiger partial charge on any atom is 0.317 e. The van der Waals surface area contributed by atoms with E-state index in [1.54, 1.807) is 11.9 Å². The number of nitrogens with zero attached hydrogens (tertiary/aromatic N) is 1. The lowest BCUT2D eigenvalue weighted by atomic mass is 9.82. The van der Waals surface area contributed by atoms with E-state index < -0.39 is 11.4 Å². The van der Waals surface area contributed by atoms with Gasteiger partial charge in [-0.2, -0.15) is 0 Å². The number of carbonyl (C=O) groups is 2. The molecule has 0 aromatic rings. The Morgan fingerprint density at radius 2 is 1.89 bits per heavy atom. The van der Waals surface area contributed by atoms with E-state index >= 15 is 0 Å². The fourth-order valence-electron chi connectivity index (χ4n) is 2.19. The van der Waals surface area contributed by atoms with E-state index in [0.717, 1.165) is 12.8 Å². The van der Waals surface area contributed by atoms with Gasteiger partial charge in [-0.25, -0.2) is 4.79 Å². The molecule has 1 rings (SSSR count). The minimum absolute atomic E-state index is 0.160. The smallest absolute Gasteiger partial charge is 0.317 e. The van der Waals surface area contributed by atoms with Crippen LogP contribution < -0.4 is 5.32 Å². The molecule has 104 valence electrons. The van der Waals surface area contributed by atoms with E-state index in [-0.39, 0.29) is 12.6 Å². The van der Waals surface area contributed by atoms with Crippen LogP contribution in [0.3, 0.4) is 0 Å². The summed E-state index contributed by atoms with van der Waals surface area (Å²) in [4.78, 5) is 24.9. The third-order valence-electron chi connectivity index (χ3n) is 4.33. The minimum Gasteiger partial charge on any atom is -0.481 e. The fraction of sp³-hybridized carbons (Fsp3) is 0.846. The van der Waals surface area contributed by atoms with Gasteiger partial charge in [0.1, 0.15) is 0 Å². The van der Waals surface area contributed by atoms with Crippen LogP contribution >= 0.6 is 0 Å². The monoisotopic (exact) mass is 256 g/mol. The zero-order valence-corrected chi connectivity index (χ0v) is 11.5. The van der Waals surface area contributed by atoms with Crippen molar-refractivity contribution in [1.29, 1.82) is 0 Å². The van der Waals surface area contributed by atoms with Crippen molar-refractivity contribution in [3.05, 3.63) is 0 Å². The fourth-order valence-corrected chi connectivity index (χ4v) is 2.19. The third-order valence-corrected chi connectivity index (χ3v) is 4.33. The van der Waals surface area contributed by atoms with Crippen LogP contribution in [-0.4, -0.2) is 41.6 Å². The predicted octanol–water partition coefficient (Wildman–Crippen LogP) is 2.07. The first-order valence-electron chi connectivity index (χ1n) is 6.71. The summed E-state index contributed by atoms with van der Waals surface area (Å²) in [6.07, 6.45) is 4.31. The lowest BCUT2D eigenvalue weighted by molar-refractivity contribution is -0.149. The van der Waals surface area contributed by atoms with Crippen molar-refractivity contribution in [3.63, 3.8) is 0 Å². The molecule has 5 nitrogen and oxygen atoms in total. The van der Waals surface area contributed by atoms with E-state index in [4.69, 9.17) is 0 Å². The highest BCUT2D eigenvalue weighted by atomic mass is 16.4. The number of carboxylic acids is 1. The largest absolute Gasteiger partial charge is 0.481 e. The highest BCUT2D eigenvalue weighted by Crippen LogP contribution is 2.26. The molecule has 0 aliphatic heterocycles. The number of hydrogen-bond acceptors (Lipinski definition) is 2. The molecule has 2 N–H and O–H groups in total. The van der Waals surface area contributed by atoms with Crippen LogP contribution in [0, 0.1) is 5.41 Å². The highest BCUT2D eigenvalue weighted by Gasteiger charge is 2.36. The average Bonchev–Trinajstić information content (AvgIpc) is 2.28. The Morgan fingerprint density at radius 1 is 1.33 bits per heavy atom. The van der Waals surface area contributed by atoms with Gasteiger partial charge in [0.15, 0.2) is 0 Å². The second-order valence-corrected chi connectivity index (χ2v) is 5.15. The molecule has 0 unspecified atom stereocenters. The van der Waals surface area contributed by atoms with Crippen LogP contribution in [0.1, 0.15) is 46.0 Å². The van der Waals surface area contributed by atoms with E-state index in [0.29, 0.717) is 18.9 Å². The summed E-state index contributed by atoms with van der Waals surface area (Å²) < 4.78 is 0. The number of urea groups is 1. The average molecular weight is 256 g/mol. The molecule has 0 radical (unpaired) electrons. The molecule has 0 aromatic heterocycles. The van der Waals surface area contributed by atoms with Crippen molar-refractivity contribution in [2.45, 2.75) is 52.0 Å². The molecule has 1 aliphatic rings. The second kappa shape index (κ2) is 6.07. The van der Waals surface area contributed by atoms with Crippen molar-refractivity contribution >= 4 is 12.0 Å². The summed E-state index contributed by atoms with van der Waals surface area (Å²) in [5.41, 5.74) is -0.837. The summed E-state index contributed by atoms with van der Waals surface area (Å²) in [5, 5.41) is 12.0. The zero-order valence-electron chi connectivity index (χ0n) is 11.5. The van der Waals surface area contributed by atoms with Crippen LogP contribution in [0.15, 0.2) is 0 Å². The molecule has 1 fully saturated rings. The molecule has 0 spiro atoms. The number of amides is 2. The van der Waals surface area contributed by atoms with Gasteiger partial charge in [-0.3, -0.25) is 4.79 Å². The van der Waals surface area contributed by atoms with E-state index in [2.05, 4.69) is 5.32 Å². The summed E-state index contributed by atoms with van der Waals surface area (Å²) in [5.74, 6) is -0.834. The van der Waals surface area contributed by atoms with Gasteiger partial charge < -0.3 is 15.3 Å². The van der Waals surface area contributed by atoms with Crippen LogP contribution in [0.4, 0.5) is 4.79 Å². The number of carboxylic acid groups (broad SMARTS) is 1. The molecule has 0 bridgehead atoms. The molecule has 18 heavy (non-hydrogen) atoms. The highest BCUT2D eigenvalue weighted by molar-refractivity contribution is 5.78. The summed E-state index contributed by atoms with van der Waals surface area (Å²) in [6.45, 7) is 3.89. The Balaban J connectivity index is 2.51. The topological polar surface area (TPSA) is 69.6 Å². The van der Waals surface area contributed by atoms with Gasteiger partial charge >= 0.3 is 12.0 Å². The second-order valence-electron chi connectivity index (χ2n) is 5.15. The van der Waals surface area contributed by atoms with E-state index in [1.165, 1.54) is 6.42 Å². The Kier molecular flexibility index (Phi) is 4.99. The molecule has 1 saturated carbocycles. The van der Waals surface area contributed by atoms with Crippen molar-refractivity contribution in [2.75, 3.05) is 13.6 Å². The third kappa shape index (κ3) is 2.94. The molecule has 2 amide bonds. The lowest BCUT2D eigenvalue weighted by Gasteiger charge is -2.35. The predicted molar refractivity (Wildman–Crippen MR) is 69.5 cm³/mol. The van der Waals surface area contributed by atoms with E-state index in [1.807, 2.05) is 13.8 Å². The van der Waals surface area contributed by atoms with Crippen LogP contribution in [0.2, 0.25) is 0 Å². The maximum absolute atomic E-state index is 11.9. The minimum atomic E-state index is -0.837. The molecule has 5 heteroatoms. The molecule has 0 aromatic carbocycles. The summed E-state index contributed by atoms with van der Waals surface area (Å²) in [7, 11) is 1.78. The number of aliphatic carboxylic acids is 1. The zero-order chi connectivity index (χ0) is 13.8. The van der Waals surface area contributed by atoms with Gasteiger partial charge in [-0.1, -0.05) is 13.8 Å². The first-order chi connectivity index (χ1) is 8.46. The SMILES string of the molecule is CCC(CC)(CNC(=O)N(C)C1CCC1)C(=O)O. The van der Waals surface area contributed by atoms with Gasteiger partial charge in [0.2, 0.25) is 0 Å². The van der Waals surface area contributed by atoms with Crippen molar-refractivity contribution in [1.82, 2.24) is 10.2 Å². The number of rotatable bonds is 6.